The maximum Gasteiger partial charge on any atom is -0.0533 e. The maximum atomic E-state index is 2.27. The van der Waals surface area contributed by atoms with Crippen molar-refractivity contribution < 1.29 is 0 Å². The molecular formula is C18H40. The van der Waals surface area contributed by atoms with Crippen molar-refractivity contribution in [3.8, 4) is 0 Å². The summed E-state index contributed by atoms with van der Waals surface area (Å²) < 4.78 is 0. The maximum absolute atomic E-state index is 2.27. The zero-order valence-electron chi connectivity index (χ0n) is 13.9. The Morgan fingerprint density at radius 3 is 0.667 bits per heavy atom. The van der Waals surface area contributed by atoms with Gasteiger partial charge in [-0.15, -0.1) is 0 Å². The van der Waals surface area contributed by atoms with E-state index in [1.54, 1.807) is 0 Å². The molecule has 112 valence electrons. The Bertz CT molecular complexity index is 94.6. The third-order valence-corrected chi connectivity index (χ3v) is 3.41. The third kappa shape index (κ3) is 25.0. The van der Waals surface area contributed by atoms with Gasteiger partial charge in [0.25, 0.3) is 0 Å². The van der Waals surface area contributed by atoms with Crippen LogP contribution in [0.3, 0.4) is 0 Å². The lowest BCUT2D eigenvalue weighted by molar-refractivity contribution is 0.572. The standard InChI is InChI=1S/C11H24.C7H16/c1-3-5-7-9-11-10-8-6-4-2;1-3-5-7-6-4-2/h3-11H2,1-2H3;3-7H2,1-2H3. The fraction of sp³-hybridized carbons (Fsp3) is 1.00. The van der Waals surface area contributed by atoms with E-state index in [0.29, 0.717) is 0 Å². The average molecular weight is 257 g/mol. The van der Waals surface area contributed by atoms with Crippen LogP contribution >= 0.6 is 0 Å². The predicted molar refractivity (Wildman–Crippen MR) is 87.3 cm³/mol. The second-order valence-electron chi connectivity index (χ2n) is 5.54. The highest BCUT2D eigenvalue weighted by molar-refractivity contribution is 4.44. The Balaban J connectivity index is 0. The average Bonchev–Trinajstić information content (AvgIpc) is 2.39. The van der Waals surface area contributed by atoms with E-state index in [1.807, 2.05) is 0 Å². The molecule has 0 unspecified atom stereocenters. The first kappa shape index (κ1) is 20.3. The Labute approximate surface area is 118 Å². The highest BCUT2D eigenvalue weighted by Gasteiger charge is 1.89. The lowest BCUT2D eigenvalue weighted by Gasteiger charge is -1.98. The van der Waals surface area contributed by atoms with Gasteiger partial charge in [-0.2, -0.15) is 0 Å². The minimum atomic E-state index is 1.36. The molecule has 0 aromatic rings. The molecule has 0 heterocycles. The van der Waals surface area contributed by atoms with Gasteiger partial charge in [-0.05, 0) is 0 Å². The molecule has 0 saturated carbocycles. The molecule has 0 aliphatic rings. The van der Waals surface area contributed by atoms with Gasteiger partial charge in [-0.3, -0.25) is 0 Å². The first-order chi connectivity index (χ1) is 8.83. The van der Waals surface area contributed by atoms with Crippen molar-refractivity contribution in [1.29, 1.82) is 0 Å². The molecule has 0 aromatic carbocycles. The smallest absolute Gasteiger partial charge is 0.0533 e. The minimum absolute atomic E-state index is 1.36. The summed E-state index contributed by atoms with van der Waals surface area (Å²) in [7, 11) is 0. The third-order valence-electron chi connectivity index (χ3n) is 3.41. The molecule has 0 heteroatoms. The SMILES string of the molecule is CCCCCCC.CCCCCCCCCCC. The summed E-state index contributed by atoms with van der Waals surface area (Å²) in [5.74, 6) is 0. The molecule has 0 rings (SSSR count). The molecule has 0 aliphatic carbocycles. The van der Waals surface area contributed by atoms with Crippen LogP contribution in [0.1, 0.15) is 118 Å². The van der Waals surface area contributed by atoms with Crippen molar-refractivity contribution in [1.82, 2.24) is 0 Å². The summed E-state index contributed by atoms with van der Waals surface area (Å²) in [5.41, 5.74) is 0. The van der Waals surface area contributed by atoms with Gasteiger partial charge in [0, 0.05) is 0 Å². The Morgan fingerprint density at radius 1 is 0.278 bits per heavy atom. The molecular weight excluding hydrogens is 216 g/mol. The van der Waals surface area contributed by atoms with E-state index >= 15 is 0 Å². The Hall–Kier alpha value is 0. The van der Waals surface area contributed by atoms with E-state index in [9.17, 15) is 0 Å². The van der Waals surface area contributed by atoms with Gasteiger partial charge < -0.3 is 0 Å². The molecule has 0 fully saturated rings. The molecule has 0 atom stereocenters. The second kappa shape index (κ2) is 22.2. The first-order valence-electron chi connectivity index (χ1n) is 8.83. The van der Waals surface area contributed by atoms with E-state index in [2.05, 4.69) is 27.7 Å². The molecule has 0 nitrogen and oxygen atoms in total. The van der Waals surface area contributed by atoms with Gasteiger partial charge in [-0.1, -0.05) is 118 Å². The predicted octanol–water partition coefficient (Wildman–Crippen LogP) is 7.51. The molecule has 0 amide bonds. The summed E-state index contributed by atoms with van der Waals surface area (Å²) in [5, 5.41) is 0. The van der Waals surface area contributed by atoms with Gasteiger partial charge in [-0.25, -0.2) is 0 Å². The minimum Gasteiger partial charge on any atom is -0.0654 e. The summed E-state index contributed by atoms with van der Waals surface area (Å²) >= 11 is 0. The fourth-order valence-corrected chi connectivity index (χ4v) is 2.06. The molecule has 0 bridgehead atoms. The summed E-state index contributed by atoms with van der Waals surface area (Å²) in [6, 6.07) is 0. The summed E-state index contributed by atoms with van der Waals surface area (Å²) in [4.78, 5) is 0. The van der Waals surface area contributed by atoms with Crippen LogP contribution in [0.5, 0.6) is 0 Å². The molecule has 0 spiro atoms. The molecule has 0 N–H and O–H groups in total. The number of unbranched alkanes of at least 4 members (excludes halogenated alkanes) is 12. The highest BCUT2D eigenvalue weighted by atomic mass is 14.0. The van der Waals surface area contributed by atoms with Crippen LogP contribution in [-0.4, -0.2) is 0 Å². The molecule has 0 aliphatic heterocycles. The van der Waals surface area contributed by atoms with E-state index in [4.69, 9.17) is 0 Å². The van der Waals surface area contributed by atoms with Crippen LogP contribution in [-0.2, 0) is 0 Å². The number of rotatable bonds is 12. The zero-order valence-corrected chi connectivity index (χ0v) is 13.9. The fourth-order valence-electron chi connectivity index (χ4n) is 2.06. The molecule has 0 radical (unpaired) electrons. The largest absolute Gasteiger partial charge is 0.0654 e. The van der Waals surface area contributed by atoms with Crippen LogP contribution in [0.15, 0.2) is 0 Å². The lowest BCUT2D eigenvalue weighted by Crippen LogP contribution is -1.79. The van der Waals surface area contributed by atoms with Crippen LogP contribution < -0.4 is 0 Å². The normalized spacial score (nSPS) is 10.0. The Kier molecular flexibility index (Phi) is 25.1. The lowest BCUT2D eigenvalue weighted by atomic mass is 10.1. The summed E-state index contributed by atoms with van der Waals surface area (Å²) in [6.07, 6.45) is 20.0. The molecule has 18 heavy (non-hydrogen) atoms. The van der Waals surface area contributed by atoms with Crippen molar-refractivity contribution >= 4 is 0 Å². The summed E-state index contributed by atoms with van der Waals surface area (Å²) in [6.45, 7) is 9.04. The van der Waals surface area contributed by atoms with Crippen molar-refractivity contribution in [2.75, 3.05) is 0 Å². The number of hydrogen-bond acceptors (Lipinski definition) is 0. The van der Waals surface area contributed by atoms with Crippen LogP contribution in [0.25, 0.3) is 0 Å². The van der Waals surface area contributed by atoms with E-state index < -0.39 is 0 Å². The Morgan fingerprint density at radius 2 is 0.444 bits per heavy atom. The first-order valence-corrected chi connectivity index (χ1v) is 8.83. The van der Waals surface area contributed by atoms with Crippen LogP contribution in [0, 0.1) is 0 Å². The van der Waals surface area contributed by atoms with Gasteiger partial charge in [0.15, 0.2) is 0 Å². The quantitative estimate of drug-likeness (QED) is 0.317. The second-order valence-corrected chi connectivity index (χ2v) is 5.54. The highest BCUT2D eigenvalue weighted by Crippen LogP contribution is 2.08. The zero-order chi connectivity index (χ0) is 13.9. The van der Waals surface area contributed by atoms with Crippen LogP contribution in [0.2, 0.25) is 0 Å². The topological polar surface area (TPSA) is 0 Å². The van der Waals surface area contributed by atoms with Crippen molar-refractivity contribution in [2.45, 2.75) is 118 Å². The van der Waals surface area contributed by atoms with Gasteiger partial charge in [0.05, 0.1) is 0 Å². The van der Waals surface area contributed by atoms with E-state index in [1.165, 1.54) is 89.9 Å². The van der Waals surface area contributed by atoms with Crippen molar-refractivity contribution in [3.63, 3.8) is 0 Å². The van der Waals surface area contributed by atoms with E-state index in [-0.39, 0.29) is 0 Å². The van der Waals surface area contributed by atoms with E-state index in [0.717, 1.165) is 0 Å². The van der Waals surface area contributed by atoms with Crippen molar-refractivity contribution in [2.24, 2.45) is 0 Å². The van der Waals surface area contributed by atoms with Gasteiger partial charge in [0.2, 0.25) is 0 Å². The molecule has 0 saturated heterocycles. The van der Waals surface area contributed by atoms with Gasteiger partial charge in [0.1, 0.15) is 0 Å². The van der Waals surface area contributed by atoms with Crippen molar-refractivity contribution in [3.05, 3.63) is 0 Å². The monoisotopic (exact) mass is 256 g/mol. The number of hydrogen-bond donors (Lipinski definition) is 0. The van der Waals surface area contributed by atoms with Gasteiger partial charge >= 0.3 is 0 Å². The van der Waals surface area contributed by atoms with Crippen LogP contribution in [0.4, 0.5) is 0 Å². The molecule has 0 aromatic heterocycles.